The van der Waals surface area contributed by atoms with Gasteiger partial charge in [0.1, 0.15) is 18.5 Å². The Hall–Kier alpha value is -2.77. The SMILES string of the molecule is N#Cc1c(-c2ccc(SNC(CF)CCF)cn2)n(C2CCCC2)c2ccc(OC(F)F)cc12. The molecule has 0 aliphatic heterocycles. The van der Waals surface area contributed by atoms with Crippen LogP contribution in [-0.2, 0) is 0 Å². The summed E-state index contributed by atoms with van der Waals surface area (Å²) in [6.45, 7) is -4.24. The number of fused-ring (bicyclic) bond motifs is 1. The molecular weight excluding hydrogens is 468 g/mol. The maximum atomic E-state index is 13.0. The maximum absolute atomic E-state index is 13.0. The molecule has 1 aliphatic rings. The minimum atomic E-state index is -2.96. The molecule has 1 aromatic carbocycles. The van der Waals surface area contributed by atoms with Crippen LogP contribution in [0.4, 0.5) is 17.6 Å². The summed E-state index contributed by atoms with van der Waals surface area (Å²) in [6.07, 6.45) is 5.74. The first-order valence-corrected chi connectivity index (χ1v) is 11.9. The van der Waals surface area contributed by atoms with E-state index in [-0.39, 0.29) is 18.2 Å². The Morgan fingerprint density at radius 3 is 2.62 bits per heavy atom. The van der Waals surface area contributed by atoms with Gasteiger partial charge in [-0.05, 0) is 61.5 Å². The fourth-order valence-corrected chi connectivity index (χ4v) is 5.13. The van der Waals surface area contributed by atoms with Gasteiger partial charge in [-0.2, -0.15) is 14.0 Å². The number of ether oxygens (including phenoxy) is 1. The molecule has 4 rings (SSSR count). The highest BCUT2D eigenvalue weighted by atomic mass is 32.2. The third-order valence-corrected chi connectivity index (χ3v) is 6.90. The first-order valence-electron chi connectivity index (χ1n) is 11.1. The first-order chi connectivity index (χ1) is 16.5. The summed E-state index contributed by atoms with van der Waals surface area (Å²) in [4.78, 5) is 5.27. The Balaban J connectivity index is 1.73. The molecule has 3 aromatic rings. The van der Waals surface area contributed by atoms with Crippen molar-refractivity contribution >= 4 is 22.9 Å². The number of alkyl halides is 4. The van der Waals surface area contributed by atoms with Crippen molar-refractivity contribution in [3.63, 3.8) is 0 Å². The summed E-state index contributed by atoms with van der Waals surface area (Å²) in [5.74, 6) is -0.00407. The lowest BCUT2D eigenvalue weighted by molar-refractivity contribution is -0.0497. The lowest BCUT2D eigenvalue weighted by atomic mass is 10.1. The van der Waals surface area contributed by atoms with Crippen LogP contribution in [0.15, 0.2) is 41.4 Å². The Kier molecular flexibility index (Phi) is 7.95. The average Bonchev–Trinajstić information content (AvgIpc) is 3.47. The van der Waals surface area contributed by atoms with Gasteiger partial charge < -0.3 is 9.30 Å². The largest absolute Gasteiger partial charge is 0.435 e. The predicted molar refractivity (Wildman–Crippen MR) is 123 cm³/mol. The number of halogens is 4. The molecular formula is C24H24F4N4OS. The summed E-state index contributed by atoms with van der Waals surface area (Å²) in [5.41, 5.74) is 2.35. The van der Waals surface area contributed by atoms with Crippen molar-refractivity contribution in [1.29, 1.82) is 5.26 Å². The van der Waals surface area contributed by atoms with Crippen molar-refractivity contribution in [1.82, 2.24) is 14.3 Å². The Morgan fingerprint density at radius 1 is 1.21 bits per heavy atom. The van der Waals surface area contributed by atoms with Crippen molar-refractivity contribution in [3.8, 4) is 23.2 Å². The minimum Gasteiger partial charge on any atom is -0.435 e. The fraction of sp³-hybridized carbons (Fsp3) is 0.417. The van der Waals surface area contributed by atoms with Crippen LogP contribution in [0, 0.1) is 11.3 Å². The first kappa shape index (κ1) is 24.4. The molecule has 1 unspecified atom stereocenters. The lowest BCUT2D eigenvalue weighted by Crippen LogP contribution is -2.25. The van der Waals surface area contributed by atoms with Crippen LogP contribution < -0.4 is 9.46 Å². The molecule has 180 valence electrons. The van der Waals surface area contributed by atoms with Gasteiger partial charge in [0.15, 0.2) is 0 Å². The van der Waals surface area contributed by atoms with E-state index in [1.54, 1.807) is 24.4 Å². The number of pyridine rings is 1. The zero-order chi connectivity index (χ0) is 24.1. The highest BCUT2D eigenvalue weighted by molar-refractivity contribution is 7.97. The van der Waals surface area contributed by atoms with Crippen LogP contribution >= 0.6 is 11.9 Å². The molecule has 0 radical (unpaired) electrons. The zero-order valence-corrected chi connectivity index (χ0v) is 19.1. The topological polar surface area (TPSA) is 62.9 Å². The highest BCUT2D eigenvalue weighted by Crippen LogP contribution is 2.42. The molecule has 0 saturated heterocycles. The molecule has 0 amide bonds. The molecule has 10 heteroatoms. The van der Waals surface area contributed by atoms with Crippen molar-refractivity contribution in [2.24, 2.45) is 0 Å². The molecule has 0 bridgehead atoms. The summed E-state index contributed by atoms with van der Waals surface area (Å²) in [5, 5.41) is 10.6. The smallest absolute Gasteiger partial charge is 0.387 e. The van der Waals surface area contributed by atoms with Gasteiger partial charge in [0.05, 0.1) is 29.1 Å². The van der Waals surface area contributed by atoms with Gasteiger partial charge in [0.2, 0.25) is 0 Å². The monoisotopic (exact) mass is 492 g/mol. The van der Waals surface area contributed by atoms with Crippen molar-refractivity contribution in [2.75, 3.05) is 13.3 Å². The lowest BCUT2D eigenvalue weighted by Gasteiger charge is -2.18. The van der Waals surface area contributed by atoms with Gasteiger partial charge in [-0.3, -0.25) is 14.1 Å². The molecule has 1 saturated carbocycles. The Morgan fingerprint density at radius 2 is 2.00 bits per heavy atom. The van der Waals surface area contributed by atoms with E-state index < -0.39 is 26.0 Å². The third-order valence-electron chi connectivity index (χ3n) is 5.97. The molecule has 34 heavy (non-hydrogen) atoms. The molecule has 1 atom stereocenters. The summed E-state index contributed by atoms with van der Waals surface area (Å²) >= 11 is 1.17. The van der Waals surface area contributed by atoms with E-state index >= 15 is 0 Å². The average molecular weight is 493 g/mol. The number of benzene rings is 1. The van der Waals surface area contributed by atoms with E-state index in [0.717, 1.165) is 36.1 Å². The molecule has 1 fully saturated rings. The van der Waals surface area contributed by atoms with Crippen LogP contribution in [-0.4, -0.2) is 35.6 Å². The van der Waals surface area contributed by atoms with E-state index in [1.807, 2.05) is 0 Å². The molecule has 5 nitrogen and oxygen atoms in total. The Bertz CT molecular complexity index is 1160. The number of hydrogen-bond donors (Lipinski definition) is 1. The molecule has 2 heterocycles. The Labute approximate surface area is 199 Å². The minimum absolute atomic E-state index is 0.00407. The number of rotatable bonds is 10. The van der Waals surface area contributed by atoms with Crippen molar-refractivity contribution in [2.45, 2.75) is 55.7 Å². The number of nitrogens with zero attached hydrogens (tertiary/aromatic N) is 3. The second-order valence-corrected chi connectivity index (χ2v) is 9.04. The van der Waals surface area contributed by atoms with Gasteiger partial charge in [-0.25, -0.2) is 4.39 Å². The molecule has 1 aliphatic carbocycles. The summed E-state index contributed by atoms with van der Waals surface area (Å²) in [6, 6.07) is 10.1. The second-order valence-electron chi connectivity index (χ2n) is 8.13. The third kappa shape index (κ3) is 5.15. The van der Waals surface area contributed by atoms with Gasteiger partial charge in [-0.1, -0.05) is 12.8 Å². The van der Waals surface area contributed by atoms with Gasteiger partial charge in [-0.15, -0.1) is 0 Å². The standard InChI is InChI=1S/C24H24F4N4OS/c25-10-9-15(12-26)31-34-18-6-7-21(30-14-18)23-20(13-29)19-11-17(33-24(27)28)5-8-22(19)32(23)16-3-1-2-4-16/h5-8,11,14-16,24,31H,1-4,9-10,12H2. The maximum Gasteiger partial charge on any atom is 0.387 e. The van der Waals surface area contributed by atoms with Crippen LogP contribution in [0.2, 0.25) is 0 Å². The zero-order valence-electron chi connectivity index (χ0n) is 18.3. The van der Waals surface area contributed by atoms with Gasteiger partial charge in [0.25, 0.3) is 0 Å². The normalized spacial score (nSPS) is 15.2. The van der Waals surface area contributed by atoms with Crippen LogP contribution in [0.3, 0.4) is 0 Å². The van der Waals surface area contributed by atoms with E-state index in [4.69, 9.17) is 0 Å². The molecule has 0 spiro atoms. The van der Waals surface area contributed by atoms with E-state index in [1.165, 1.54) is 24.1 Å². The predicted octanol–water partition coefficient (Wildman–Crippen LogP) is 6.59. The van der Waals surface area contributed by atoms with Crippen LogP contribution in [0.5, 0.6) is 5.75 Å². The van der Waals surface area contributed by atoms with Crippen LogP contribution in [0.1, 0.15) is 43.7 Å². The van der Waals surface area contributed by atoms with Crippen LogP contribution in [0.25, 0.3) is 22.3 Å². The van der Waals surface area contributed by atoms with Gasteiger partial charge in [0, 0.05) is 28.6 Å². The van der Waals surface area contributed by atoms with E-state index in [9.17, 15) is 22.8 Å². The summed E-state index contributed by atoms with van der Waals surface area (Å²) in [7, 11) is 0. The van der Waals surface area contributed by atoms with Crippen molar-refractivity contribution < 1.29 is 22.3 Å². The van der Waals surface area contributed by atoms with E-state index in [0.29, 0.717) is 22.3 Å². The molecule has 2 aromatic heterocycles. The fourth-order valence-electron chi connectivity index (χ4n) is 4.41. The number of hydrogen-bond acceptors (Lipinski definition) is 5. The van der Waals surface area contributed by atoms with Gasteiger partial charge >= 0.3 is 6.61 Å². The quantitative estimate of drug-likeness (QED) is 0.256. The van der Waals surface area contributed by atoms with E-state index in [2.05, 4.69) is 25.1 Å². The second kappa shape index (κ2) is 11.1. The molecule has 1 N–H and O–H groups in total. The number of aromatic nitrogens is 2. The summed E-state index contributed by atoms with van der Waals surface area (Å²) < 4.78 is 60.6. The number of nitriles is 1. The van der Waals surface area contributed by atoms with Crippen molar-refractivity contribution in [3.05, 3.63) is 42.1 Å². The number of nitrogens with one attached hydrogen (secondary N) is 1. The highest BCUT2D eigenvalue weighted by Gasteiger charge is 2.27.